The number of rotatable bonds is 13. The molecular weight excluding hydrogens is 492 g/mol. The van der Waals surface area contributed by atoms with Crippen LogP contribution in [0.3, 0.4) is 0 Å². The molecule has 0 atom stereocenters. The number of hydrogen-bond acceptors (Lipinski definition) is 4. The van der Waals surface area contributed by atoms with E-state index in [9.17, 15) is 4.79 Å². The molecule has 2 saturated carbocycles. The molecule has 1 aliphatic heterocycles. The fourth-order valence-electron chi connectivity index (χ4n) is 6.96. The molecule has 0 aromatic heterocycles. The van der Waals surface area contributed by atoms with Gasteiger partial charge < -0.3 is 20.0 Å². The van der Waals surface area contributed by atoms with Gasteiger partial charge in [-0.1, -0.05) is 74.9 Å². The molecule has 1 heterocycles. The van der Waals surface area contributed by atoms with Gasteiger partial charge in [0.05, 0.1) is 0 Å². The number of benzene rings is 2. The predicted molar refractivity (Wildman–Crippen MR) is 166 cm³/mol. The van der Waals surface area contributed by atoms with Crippen molar-refractivity contribution in [2.45, 2.75) is 89.8 Å². The highest BCUT2D eigenvalue weighted by molar-refractivity contribution is 5.76. The highest BCUT2D eigenvalue weighted by atomic mass is 16.2. The standard InChI is InChI=1S/C35H52N4O/c1-37-21-23-38(24-22-37)19-8-20-39(35(40)18-17-29-9-2-3-10-29)28-31-12-7-14-33(26-31)32-13-6-11-30(25-32)27-36-34-15-4-5-16-34/h6-7,11-14,25-26,29,34,36H,2-5,8-10,15-24,27-28H2,1H3. The number of carbonyl (C=O) groups excluding carboxylic acids is 1. The molecule has 218 valence electrons. The molecular formula is C35H52N4O. The maximum Gasteiger partial charge on any atom is 0.222 e. The number of likely N-dealkylation sites (N-methyl/N-ethyl adjacent to an activating group) is 1. The van der Waals surface area contributed by atoms with Gasteiger partial charge >= 0.3 is 0 Å². The lowest BCUT2D eigenvalue weighted by Crippen LogP contribution is -2.45. The molecule has 2 aromatic carbocycles. The molecule has 1 N–H and O–H groups in total. The summed E-state index contributed by atoms with van der Waals surface area (Å²) >= 11 is 0. The van der Waals surface area contributed by atoms with Crippen molar-refractivity contribution in [2.75, 3.05) is 46.3 Å². The molecule has 5 rings (SSSR count). The van der Waals surface area contributed by atoms with Crippen molar-refractivity contribution in [3.8, 4) is 11.1 Å². The summed E-state index contributed by atoms with van der Waals surface area (Å²) in [6.45, 7) is 8.16. The third-order valence-corrected chi connectivity index (χ3v) is 9.60. The van der Waals surface area contributed by atoms with E-state index in [1.165, 1.54) is 73.6 Å². The zero-order valence-electron chi connectivity index (χ0n) is 25.0. The molecule has 0 bridgehead atoms. The largest absolute Gasteiger partial charge is 0.338 e. The number of carbonyl (C=O) groups is 1. The summed E-state index contributed by atoms with van der Waals surface area (Å²) < 4.78 is 0. The molecule has 0 spiro atoms. The van der Waals surface area contributed by atoms with Crippen LogP contribution >= 0.6 is 0 Å². The average molecular weight is 545 g/mol. The van der Waals surface area contributed by atoms with Gasteiger partial charge in [-0.25, -0.2) is 0 Å². The van der Waals surface area contributed by atoms with Crippen LogP contribution in [0.4, 0.5) is 0 Å². The van der Waals surface area contributed by atoms with Crippen molar-refractivity contribution in [3.05, 3.63) is 59.7 Å². The lowest BCUT2D eigenvalue weighted by Gasteiger charge is -2.33. The second kappa shape index (κ2) is 15.1. The lowest BCUT2D eigenvalue weighted by atomic mass is 10.00. The molecule has 1 saturated heterocycles. The first-order valence-corrected chi connectivity index (χ1v) is 16.2. The maximum atomic E-state index is 13.5. The molecule has 1 amide bonds. The molecule has 0 unspecified atom stereocenters. The Hall–Kier alpha value is -2.21. The van der Waals surface area contributed by atoms with Crippen molar-refractivity contribution in [1.82, 2.24) is 20.0 Å². The van der Waals surface area contributed by atoms with Crippen LogP contribution in [0, 0.1) is 5.92 Å². The van der Waals surface area contributed by atoms with Crippen molar-refractivity contribution < 1.29 is 4.79 Å². The fraction of sp³-hybridized carbons (Fsp3) is 0.629. The predicted octanol–water partition coefficient (Wildman–Crippen LogP) is 6.32. The second-order valence-corrected chi connectivity index (χ2v) is 12.8. The topological polar surface area (TPSA) is 38.8 Å². The second-order valence-electron chi connectivity index (χ2n) is 12.8. The Morgan fingerprint density at radius 3 is 2.25 bits per heavy atom. The van der Waals surface area contributed by atoms with Gasteiger partial charge in [0, 0.05) is 58.3 Å². The smallest absolute Gasteiger partial charge is 0.222 e. The summed E-state index contributed by atoms with van der Waals surface area (Å²) in [6.07, 6.45) is 13.5. The summed E-state index contributed by atoms with van der Waals surface area (Å²) in [5.41, 5.74) is 5.10. The van der Waals surface area contributed by atoms with Crippen molar-refractivity contribution in [3.63, 3.8) is 0 Å². The molecule has 2 aliphatic carbocycles. The van der Waals surface area contributed by atoms with E-state index in [0.29, 0.717) is 24.9 Å². The van der Waals surface area contributed by atoms with E-state index in [0.717, 1.165) is 64.6 Å². The first kappa shape index (κ1) is 29.3. The van der Waals surface area contributed by atoms with E-state index in [2.05, 4.69) is 75.6 Å². The Labute approximate surface area is 243 Å². The average Bonchev–Trinajstić information content (AvgIpc) is 3.71. The Bertz CT molecular complexity index is 1050. The van der Waals surface area contributed by atoms with Gasteiger partial charge in [0.25, 0.3) is 0 Å². The van der Waals surface area contributed by atoms with Gasteiger partial charge in [-0.3, -0.25) is 4.79 Å². The third-order valence-electron chi connectivity index (χ3n) is 9.60. The lowest BCUT2D eigenvalue weighted by molar-refractivity contribution is -0.132. The quantitative estimate of drug-likeness (QED) is 0.320. The van der Waals surface area contributed by atoms with E-state index in [4.69, 9.17) is 0 Å². The van der Waals surface area contributed by atoms with Gasteiger partial charge in [0.2, 0.25) is 5.91 Å². The zero-order valence-corrected chi connectivity index (χ0v) is 25.0. The third kappa shape index (κ3) is 8.89. The van der Waals surface area contributed by atoms with E-state index in [1.807, 2.05) is 0 Å². The number of piperazine rings is 1. The van der Waals surface area contributed by atoms with Crippen LogP contribution in [0.1, 0.15) is 81.8 Å². The van der Waals surface area contributed by atoms with E-state index in [-0.39, 0.29) is 0 Å². The monoisotopic (exact) mass is 544 g/mol. The van der Waals surface area contributed by atoms with E-state index >= 15 is 0 Å². The van der Waals surface area contributed by atoms with Gasteiger partial charge in [0.1, 0.15) is 0 Å². The Kier molecular flexibility index (Phi) is 11.1. The van der Waals surface area contributed by atoms with Gasteiger partial charge in [-0.05, 0) is 79.6 Å². The SMILES string of the molecule is CN1CCN(CCCN(Cc2cccc(-c3cccc(CNC4CCCC4)c3)c2)C(=O)CCC2CCCC2)CC1. The van der Waals surface area contributed by atoms with Crippen molar-refractivity contribution >= 4 is 5.91 Å². The summed E-state index contributed by atoms with van der Waals surface area (Å²) in [4.78, 5) is 20.6. The molecule has 5 heteroatoms. The first-order valence-electron chi connectivity index (χ1n) is 16.2. The van der Waals surface area contributed by atoms with Crippen LogP contribution in [0.15, 0.2) is 48.5 Å². The Morgan fingerprint density at radius 1 is 0.875 bits per heavy atom. The zero-order chi connectivity index (χ0) is 27.6. The van der Waals surface area contributed by atoms with Crippen molar-refractivity contribution in [1.29, 1.82) is 0 Å². The maximum absolute atomic E-state index is 13.5. The van der Waals surface area contributed by atoms with Crippen LogP contribution in [0.2, 0.25) is 0 Å². The minimum Gasteiger partial charge on any atom is -0.338 e. The first-order chi connectivity index (χ1) is 19.6. The van der Waals surface area contributed by atoms with E-state index < -0.39 is 0 Å². The summed E-state index contributed by atoms with van der Waals surface area (Å²) in [5.74, 6) is 1.10. The Morgan fingerprint density at radius 2 is 1.52 bits per heavy atom. The molecule has 5 nitrogen and oxygen atoms in total. The minimum atomic E-state index is 0.343. The normalized spacial score (nSPS) is 19.4. The van der Waals surface area contributed by atoms with E-state index in [1.54, 1.807) is 0 Å². The van der Waals surface area contributed by atoms with Crippen LogP contribution < -0.4 is 5.32 Å². The van der Waals surface area contributed by atoms with Gasteiger partial charge in [0.15, 0.2) is 0 Å². The van der Waals surface area contributed by atoms with Crippen LogP contribution in [-0.2, 0) is 17.9 Å². The number of amides is 1. The number of nitrogens with one attached hydrogen (secondary N) is 1. The molecule has 0 radical (unpaired) electrons. The van der Waals surface area contributed by atoms with Crippen LogP contribution in [-0.4, -0.2) is 73.0 Å². The molecule has 40 heavy (non-hydrogen) atoms. The number of hydrogen-bond donors (Lipinski definition) is 1. The van der Waals surface area contributed by atoms with Crippen molar-refractivity contribution in [2.24, 2.45) is 5.92 Å². The van der Waals surface area contributed by atoms with Gasteiger partial charge in [-0.2, -0.15) is 0 Å². The number of nitrogens with zero attached hydrogens (tertiary/aromatic N) is 3. The molecule has 3 fully saturated rings. The highest BCUT2D eigenvalue weighted by Gasteiger charge is 2.21. The molecule has 2 aromatic rings. The Balaban J connectivity index is 1.21. The minimum absolute atomic E-state index is 0.343. The van der Waals surface area contributed by atoms with Crippen LogP contribution in [0.5, 0.6) is 0 Å². The highest BCUT2D eigenvalue weighted by Crippen LogP contribution is 2.29. The summed E-state index contributed by atoms with van der Waals surface area (Å²) in [6, 6.07) is 18.5. The fourth-order valence-corrected chi connectivity index (χ4v) is 6.96. The molecule has 3 aliphatic rings. The van der Waals surface area contributed by atoms with Crippen LogP contribution in [0.25, 0.3) is 11.1 Å². The summed E-state index contributed by atoms with van der Waals surface area (Å²) in [7, 11) is 2.21. The summed E-state index contributed by atoms with van der Waals surface area (Å²) in [5, 5.41) is 3.75. The van der Waals surface area contributed by atoms with Gasteiger partial charge in [-0.15, -0.1) is 0 Å².